The van der Waals surface area contributed by atoms with Crippen LogP contribution < -0.4 is 15.4 Å². The van der Waals surface area contributed by atoms with Gasteiger partial charge in [-0.25, -0.2) is 0 Å². The Labute approximate surface area is 198 Å². The van der Waals surface area contributed by atoms with Crippen LogP contribution in [-0.4, -0.2) is 16.8 Å². The number of nitrogens with zero attached hydrogens (tertiary/aromatic N) is 1. The van der Waals surface area contributed by atoms with Crippen LogP contribution in [0.4, 0.5) is 5.69 Å². The summed E-state index contributed by atoms with van der Waals surface area (Å²) in [5.74, 6) is 0.365. The van der Waals surface area contributed by atoms with Gasteiger partial charge in [0.25, 0.3) is 11.8 Å². The lowest BCUT2D eigenvalue weighted by atomic mass is 10.1. The van der Waals surface area contributed by atoms with Crippen molar-refractivity contribution in [2.75, 3.05) is 5.32 Å². The van der Waals surface area contributed by atoms with E-state index in [4.69, 9.17) is 4.74 Å². The molecule has 2 N–H and O–H groups in total. The molecule has 0 aliphatic heterocycles. The van der Waals surface area contributed by atoms with E-state index in [1.165, 1.54) is 0 Å². The molecule has 0 saturated carbocycles. The Morgan fingerprint density at radius 2 is 1.53 bits per heavy atom. The van der Waals surface area contributed by atoms with Gasteiger partial charge in [-0.3, -0.25) is 14.6 Å². The third-order valence-corrected chi connectivity index (χ3v) is 5.30. The van der Waals surface area contributed by atoms with E-state index in [-0.39, 0.29) is 17.9 Å². The number of aromatic nitrogens is 1. The second-order valence-electron chi connectivity index (χ2n) is 7.81. The topological polar surface area (TPSA) is 80.3 Å². The lowest BCUT2D eigenvalue weighted by Gasteiger charge is -2.15. The minimum Gasteiger partial charge on any atom is -0.489 e. The van der Waals surface area contributed by atoms with Crippen molar-refractivity contribution in [2.24, 2.45) is 0 Å². The summed E-state index contributed by atoms with van der Waals surface area (Å²) in [6, 6.07) is 27.1. The Morgan fingerprint density at radius 1 is 0.824 bits per heavy atom. The summed E-state index contributed by atoms with van der Waals surface area (Å²) in [6.07, 6.45) is 3.50. The van der Waals surface area contributed by atoms with Gasteiger partial charge in [0.2, 0.25) is 0 Å². The third-order valence-electron chi connectivity index (χ3n) is 5.30. The van der Waals surface area contributed by atoms with E-state index >= 15 is 0 Å². The first-order valence-corrected chi connectivity index (χ1v) is 11.0. The van der Waals surface area contributed by atoms with Crippen molar-refractivity contribution in [3.63, 3.8) is 0 Å². The zero-order valence-corrected chi connectivity index (χ0v) is 18.8. The number of rotatable bonds is 8. The van der Waals surface area contributed by atoms with Crippen LogP contribution in [0.2, 0.25) is 0 Å². The Morgan fingerprint density at radius 3 is 2.21 bits per heavy atom. The van der Waals surface area contributed by atoms with Gasteiger partial charge in [-0.2, -0.15) is 0 Å². The highest BCUT2D eigenvalue weighted by atomic mass is 16.5. The number of carbonyl (C=O) groups is 2. The fourth-order valence-corrected chi connectivity index (χ4v) is 3.36. The van der Waals surface area contributed by atoms with Crippen molar-refractivity contribution < 1.29 is 14.3 Å². The van der Waals surface area contributed by atoms with Crippen molar-refractivity contribution in [1.82, 2.24) is 10.3 Å². The monoisotopic (exact) mass is 451 g/mol. The molecule has 6 nitrogen and oxygen atoms in total. The van der Waals surface area contributed by atoms with E-state index in [1.54, 1.807) is 48.8 Å². The highest BCUT2D eigenvalue weighted by Crippen LogP contribution is 2.19. The maximum Gasteiger partial charge on any atom is 0.255 e. The molecule has 1 aromatic heterocycles. The van der Waals surface area contributed by atoms with Gasteiger partial charge in [-0.1, -0.05) is 36.4 Å². The molecule has 0 saturated heterocycles. The first-order valence-electron chi connectivity index (χ1n) is 11.0. The fraction of sp³-hybridized carbons (Fsp3) is 0.107. The largest absolute Gasteiger partial charge is 0.489 e. The van der Waals surface area contributed by atoms with Gasteiger partial charge in [-0.15, -0.1) is 0 Å². The van der Waals surface area contributed by atoms with E-state index in [1.807, 2.05) is 61.5 Å². The number of pyridine rings is 1. The summed E-state index contributed by atoms with van der Waals surface area (Å²) in [7, 11) is 0. The van der Waals surface area contributed by atoms with Crippen LogP contribution in [0.3, 0.4) is 0 Å². The molecule has 0 aliphatic carbocycles. The molecule has 0 radical (unpaired) electrons. The van der Waals surface area contributed by atoms with Crippen LogP contribution in [0, 0.1) is 0 Å². The number of hydrogen-bond acceptors (Lipinski definition) is 4. The van der Waals surface area contributed by atoms with Crippen molar-refractivity contribution >= 4 is 17.5 Å². The molecule has 1 atom stereocenters. The molecular formula is C28H25N3O3. The normalized spacial score (nSPS) is 11.3. The number of hydrogen-bond donors (Lipinski definition) is 2. The SMILES string of the molecule is CC(NC(=O)c1ccc(NC(=O)c2ccccc2)cc1)c1ccc(OCc2cccnc2)cc1. The fourth-order valence-electron chi connectivity index (χ4n) is 3.36. The Hall–Kier alpha value is -4.45. The van der Waals surface area contributed by atoms with Gasteiger partial charge in [0.05, 0.1) is 6.04 Å². The van der Waals surface area contributed by atoms with E-state index < -0.39 is 0 Å². The van der Waals surface area contributed by atoms with Crippen LogP contribution in [-0.2, 0) is 6.61 Å². The Balaban J connectivity index is 1.30. The number of amides is 2. The van der Waals surface area contributed by atoms with Crippen LogP contribution in [0.1, 0.15) is 44.8 Å². The minimum absolute atomic E-state index is 0.183. The maximum atomic E-state index is 12.7. The number of benzene rings is 3. The quantitative estimate of drug-likeness (QED) is 0.376. The smallest absolute Gasteiger partial charge is 0.255 e. The molecule has 4 rings (SSSR count). The number of ether oxygens (including phenoxy) is 1. The summed E-state index contributed by atoms with van der Waals surface area (Å²) in [4.78, 5) is 29.0. The predicted molar refractivity (Wildman–Crippen MR) is 132 cm³/mol. The highest BCUT2D eigenvalue weighted by Gasteiger charge is 2.12. The molecule has 0 fully saturated rings. The molecule has 0 aliphatic rings. The number of nitrogens with one attached hydrogen (secondary N) is 2. The molecule has 0 bridgehead atoms. The first-order chi connectivity index (χ1) is 16.6. The summed E-state index contributed by atoms with van der Waals surface area (Å²) in [5, 5.41) is 5.83. The first kappa shape index (κ1) is 22.7. The van der Waals surface area contributed by atoms with E-state index in [0.717, 1.165) is 16.9 Å². The van der Waals surface area contributed by atoms with Crippen LogP contribution in [0.25, 0.3) is 0 Å². The molecule has 4 aromatic rings. The highest BCUT2D eigenvalue weighted by molar-refractivity contribution is 6.04. The van der Waals surface area contributed by atoms with Gasteiger partial charge < -0.3 is 15.4 Å². The van der Waals surface area contributed by atoms with Crippen LogP contribution in [0.15, 0.2) is 103 Å². The molecule has 0 spiro atoms. The molecule has 34 heavy (non-hydrogen) atoms. The van der Waals surface area contributed by atoms with E-state index in [0.29, 0.717) is 23.4 Å². The lowest BCUT2D eigenvalue weighted by molar-refractivity contribution is 0.0939. The summed E-state index contributed by atoms with van der Waals surface area (Å²) >= 11 is 0. The van der Waals surface area contributed by atoms with Crippen molar-refractivity contribution in [3.05, 3.63) is 126 Å². The maximum absolute atomic E-state index is 12.7. The molecule has 3 aromatic carbocycles. The molecule has 170 valence electrons. The lowest BCUT2D eigenvalue weighted by Crippen LogP contribution is -2.26. The summed E-state index contributed by atoms with van der Waals surface area (Å²) in [5.41, 5.74) is 3.68. The molecule has 1 heterocycles. The summed E-state index contributed by atoms with van der Waals surface area (Å²) in [6.45, 7) is 2.37. The zero-order valence-electron chi connectivity index (χ0n) is 18.8. The van der Waals surface area contributed by atoms with Gasteiger partial charge in [0.1, 0.15) is 12.4 Å². The third kappa shape index (κ3) is 6.07. The zero-order chi connectivity index (χ0) is 23.8. The number of anilines is 1. The van der Waals surface area contributed by atoms with Gasteiger partial charge in [0.15, 0.2) is 0 Å². The Kier molecular flexibility index (Phi) is 7.30. The van der Waals surface area contributed by atoms with Crippen molar-refractivity contribution in [3.8, 4) is 5.75 Å². The molecule has 6 heteroatoms. The van der Waals surface area contributed by atoms with E-state index in [9.17, 15) is 9.59 Å². The summed E-state index contributed by atoms with van der Waals surface area (Å²) < 4.78 is 5.79. The van der Waals surface area contributed by atoms with Gasteiger partial charge in [0, 0.05) is 34.8 Å². The van der Waals surface area contributed by atoms with Crippen molar-refractivity contribution in [1.29, 1.82) is 0 Å². The second-order valence-corrected chi connectivity index (χ2v) is 7.81. The predicted octanol–water partition coefficient (Wildman–Crippen LogP) is 5.40. The van der Waals surface area contributed by atoms with Crippen LogP contribution >= 0.6 is 0 Å². The molecule has 1 unspecified atom stereocenters. The van der Waals surface area contributed by atoms with Crippen LogP contribution in [0.5, 0.6) is 5.75 Å². The van der Waals surface area contributed by atoms with E-state index in [2.05, 4.69) is 15.6 Å². The standard InChI is InChI=1S/C28H25N3O3/c1-20(22-11-15-26(16-12-22)34-19-21-6-5-17-29-18-21)30-27(32)24-9-13-25(14-10-24)31-28(33)23-7-3-2-4-8-23/h2-18,20H,19H2,1H3,(H,30,32)(H,31,33). The average Bonchev–Trinajstić information content (AvgIpc) is 2.89. The van der Waals surface area contributed by atoms with Gasteiger partial charge in [-0.05, 0) is 67.1 Å². The second kappa shape index (κ2) is 10.9. The molecule has 2 amide bonds. The van der Waals surface area contributed by atoms with Gasteiger partial charge >= 0.3 is 0 Å². The van der Waals surface area contributed by atoms with Crippen molar-refractivity contribution in [2.45, 2.75) is 19.6 Å². The minimum atomic E-state index is -0.195. The Bertz CT molecular complexity index is 1230. The number of carbonyl (C=O) groups excluding carboxylic acids is 2. The average molecular weight is 452 g/mol. The molecular weight excluding hydrogens is 426 g/mol.